The van der Waals surface area contributed by atoms with E-state index in [-0.39, 0.29) is 18.1 Å². The summed E-state index contributed by atoms with van der Waals surface area (Å²) in [6.45, 7) is 0.921. The fourth-order valence-corrected chi connectivity index (χ4v) is 2.71. The first-order chi connectivity index (χ1) is 11.2. The number of hydrogen-bond donors (Lipinski definition) is 0. The van der Waals surface area contributed by atoms with Crippen molar-refractivity contribution in [3.05, 3.63) is 36.4 Å². The van der Waals surface area contributed by atoms with E-state index >= 15 is 0 Å². The topological polar surface area (TPSA) is 82.4 Å². The Balaban J connectivity index is 1.71. The van der Waals surface area contributed by atoms with Gasteiger partial charge in [-0.3, -0.25) is 9.78 Å². The summed E-state index contributed by atoms with van der Waals surface area (Å²) in [5.41, 5.74) is 0.452. The van der Waals surface area contributed by atoms with E-state index < -0.39 is 0 Å². The van der Waals surface area contributed by atoms with E-state index in [1.54, 1.807) is 31.5 Å². The van der Waals surface area contributed by atoms with Gasteiger partial charge in [0.25, 0.3) is 5.91 Å². The molecule has 2 aromatic rings. The second-order valence-corrected chi connectivity index (χ2v) is 5.45. The maximum absolute atomic E-state index is 12.7. The Morgan fingerprint density at radius 2 is 2.30 bits per heavy atom. The lowest BCUT2D eigenvalue weighted by Gasteiger charge is -2.24. The van der Waals surface area contributed by atoms with E-state index in [4.69, 9.17) is 9.47 Å². The number of likely N-dealkylation sites (tertiary alicyclic amines) is 1. The van der Waals surface area contributed by atoms with E-state index in [0.29, 0.717) is 24.6 Å². The number of amides is 1. The number of carbonyl (C=O) groups excluding carboxylic acids is 1. The second kappa shape index (κ2) is 6.74. The summed E-state index contributed by atoms with van der Waals surface area (Å²) in [6, 6.07) is 3.58. The second-order valence-electron chi connectivity index (χ2n) is 5.45. The lowest BCUT2D eigenvalue weighted by atomic mass is 10.2. The average molecular weight is 317 g/mol. The Kier molecular flexibility index (Phi) is 4.52. The van der Waals surface area contributed by atoms with Crippen molar-refractivity contribution in [2.45, 2.75) is 18.6 Å². The molecule has 1 saturated heterocycles. The molecule has 1 amide bonds. The van der Waals surface area contributed by atoms with Crippen LogP contribution in [0.1, 0.15) is 16.9 Å². The first-order valence-electron chi connectivity index (χ1n) is 7.40. The molecular weight excluding hydrogens is 298 g/mol. The van der Waals surface area contributed by atoms with Gasteiger partial charge in [-0.2, -0.15) is 0 Å². The number of nitrogens with zero attached hydrogens (tertiary/aromatic N) is 5. The molecule has 8 nitrogen and oxygen atoms in total. The zero-order valence-corrected chi connectivity index (χ0v) is 13.1. The fraction of sp³-hybridized carbons (Fsp3) is 0.467. The maximum atomic E-state index is 12.7. The number of methoxy groups -OCH3 is 1. The quantitative estimate of drug-likeness (QED) is 0.799. The highest BCUT2D eigenvalue weighted by molar-refractivity contribution is 5.92. The Morgan fingerprint density at radius 3 is 2.96 bits per heavy atom. The molecule has 0 aliphatic carbocycles. The van der Waals surface area contributed by atoms with Crippen LogP contribution in [0.5, 0.6) is 5.75 Å². The molecule has 0 N–H and O–H groups in total. The predicted molar refractivity (Wildman–Crippen MR) is 81.0 cm³/mol. The van der Waals surface area contributed by atoms with E-state index in [2.05, 4.69) is 15.3 Å². The molecule has 0 unspecified atom stereocenters. The minimum atomic E-state index is -0.114. The number of rotatable bonds is 5. The SMILES string of the molecule is CO[C@@H]1C[C@@H](COc2cccnc2)N(C(=O)c2cnnn2C)C1. The number of pyridine rings is 1. The molecule has 2 atom stereocenters. The first kappa shape index (κ1) is 15.4. The molecule has 23 heavy (non-hydrogen) atoms. The molecule has 0 bridgehead atoms. The Bertz CT molecular complexity index is 660. The van der Waals surface area contributed by atoms with E-state index in [1.165, 1.54) is 10.9 Å². The van der Waals surface area contributed by atoms with Gasteiger partial charge in [-0.15, -0.1) is 5.10 Å². The zero-order valence-electron chi connectivity index (χ0n) is 13.1. The highest BCUT2D eigenvalue weighted by Gasteiger charge is 2.37. The van der Waals surface area contributed by atoms with Crippen molar-refractivity contribution in [1.29, 1.82) is 0 Å². The predicted octanol–water partition coefficient (Wildman–Crippen LogP) is 0.519. The first-order valence-corrected chi connectivity index (χ1v) is 7.40. The zero-order chi connectivity index (χ0) is 16.2. The molecule has 0 spiro atoms. The Morgan fingerprint density at radius 1 is 1.43 bits per heavy atom. The van der Waals surface area contributed by atoms with Gasteiger partial charge in [-0.1, -0.05) is 5.21 Å². The molecule has 0 saturated carbocycles. The van der Waals surface area contributed by atoms with Crippen LogP contribution < -0.4 is 4.74 Å². The third-order valence-corrected chi connectivity index (χ3v) is 3.98. The van der Waals surface area contributed by atoms with Gasteiger partial charge in [0.05, 0.1) is 24.5 Å². The molecule has 122 valence electrons. The summed E-state index contributed by atoms with van der Waals surface area (Å²) < 4.78 is 12.7. The Labute approximate surface area is 134 Å². The normalized spacial score (nSPS) is 20.7. The van der Waals surface area contributed by atoms with Crippen LogP contribution in [-0.4, -0.2) is 63.2 Å². The number of ether oxygens (including phenoxy) is 2. The summed E-state index contributed by atoms with van der Waals surface area (Å²) in [5.74, 6) is 0.569. The van der Waals surface area contributed by atoms with Crippen LogP contribution in [-0.2, 0) is 11.8 Å². The summed E-state index contributed by atoms with van der Waals surface area (Å²) in [5, 5.41) is 7.58. The van der Waals surface area contributed by atoms with Crippen LogP contribution in [0.3, 0.4) is 0 Å². The minimum Gasteiger partial charge on any atom is -0.490 e. The van der Waals surface area contributed by atoms with Crippen molar-refractivity contribution < 1.29 is 14.3 Å². The number of aromatic nitrogens is 4. The van der Waals surface area contributed by atoms with Crippen LogP contribution >= 0.6 is 0 Å². The standard InChI is InChI=1S/C15H19N5O3/c1-19-14(8-17-18-19)15(21)20-9-13(22-2)6-11(20)10-23-12-4-3-5-16-7-12/h3-5,7-8,11,13H,6,9-10H2,1-2H3/t11-,13+/m0/s1. The molecule has 8 heteroatoms. The molecule has 1 fully saturated rings. The maximum Gasteiger partial charge on any atom is 0.274 e. The molecule has 0 aromatic carbocycles. The number of hydrogen-bond acceptors (Lipinski definition) is 6. The van der Waals surface area contributed by atoms with E-state index in [0.717, 1.165) is 6.42 Å². The van der Waals surface area contributed by atoms with Crippen molar-refractivity contribution >= 4 is 5.91 Å². The summed E-state index contributed by atoms with van der Waals surface area (Å²) in [7, 11) is 3.36. The highest BCUT2D eigenvalue weighted by atomic mass is 16.5. The van der Waals surface area contributed by atoms with Gasteiger partial charge < -0.3 is 14.4 Å². The molecule has 1 aliphatic heterocycles. The summed E-state index contributed by atoms with van der Waals surface area (Å²) in [4.78, 5) is 18.5. The van der Waals surface area contributed by atoms with E-state index in [1.807, 2.05) is 12.1 Å². The van der Waals surface area contributed by atoms with Crippen molar-refractivity contribution in [3.63, 3.8) is 0 Å². The minimum absolute atomic E-state index is 0.00244. The monoisotopic (exact) mass is 317 g/mol. The molecule has 0 radical (unpaired) electrons. The fourth-order valence-electron chi connectivity index (χ4n) is 2.71. The molecule has 1 aliphatic rings. The van der Waals surface area contributed by atoms with Crippen LogP contribution in [0.4, 0.5) is 0 Å². The highest BCUT2D eigenvalue weighted by Crippen LogP contribution is 2.23. The lowest BCUT2D eigenvalue weighted by Crippen LogP contribution is -2.40. The smallest absolute Gasteiger partial charge is 0.274 e. The lowest BCUT2D eigenvalue weighted by molar-refractivity contribution is 0.0647. The van der Waals surface area contributed by atoms with Gasteiger partial charge in [-0.05, 0) is 18.6 Å². The third kappa shape index (κ3) is 3.31. The van der Waals surface area contributed by atoms with Crippen LogP contribution in [0.2, 0.25) is 0 Å². The molecule has 3 rings (SSSR count). The Hall–Kier alpha value is -2.48. The van der Waals surface area contributed by atoms with Crippen molar-refractivity contribution in [3.8, 4) is 5.75 Å². The van der Waals surface area contributed by atoms with Gasteiger partial charge in [0, 0.05) is 26.9 Å². The largest absolute Gasteiger partial charge is 0.490 e. The van der Waals surface area contributed by atoms with Crippen LogP contribution in [0.25, 0.3) is 0 Å². The van der Waals surface area contributed by atoms with Crippen LogP contribution in [0.15, 0.2) is 30.7 Å². The number of carbonyl (C=O) groups is 1. The van der Waals surface area contributed by atoms with Gasteiger partial charge in [-0.25, -0.2) is 4.68 Å². The van der Waals surface area contributed by atoms with Crippen molar-refractivity contribution in [1.82, 2.24) is 24.9 Å². The van der Waals surface area contributed by atoms with Crippen molar-refractivity contribution in [2.24, 2.45) is 7.05 Å². The molecular formula is C15H19N5O3. The van der Waals surface area contributed by atoms with Gasteiger partial charge >= 0.3 is 0 Å². The molecule has 2 aromatic heterocycles. The van der Waals surface area contributed by atoms with Crippen LogP contribution in [0, 0.1) is 0 Å². The summed E-state index contributed by atoms with van der Waals surface area (Å²) >= 11 is 0. The van der Waals surface area contributed by atoms with E-state index in [9.17, 15) is 4.79 Å². The van der Waals surface area contributed by atoms with Crippen molar-refractivity contribution in [2.75, 3.05) is 20.3 Å². The van der Waals surface area contributed by atoms with Gasteiger partial charge in [0.2, 0.25) is 0 Å². The summed E-state index contributed by atoms with van der Waals surface area (Å²) in [6.07, 6.45) is 5.55. The third-order valence-electron chi connectivity index (χ3n) is 3.98. The van der Waals surface area contributed by atoms with Gasteiger partial charge in [0.1, 0.15) is 18.1 Å². The number of aryl methyl sites for hydroxylation is 1. The van der Waals surface area contributed by atoms with Gasteiger partial charge in [0.15, 0.2) is 0 Å². The molecule has 3 heterocycles. The average Bonchev–Trinajstić information content (AvgIpc) is 3.19.